The zero-order chi connectivity index (χ0) is 57.7. The zero-order valence-corrected chi connectivity index (χ0v) is 53.8. The van der Waals surface area contributed by atoms with E-state index in [4.69, 9.17) is 18.5 Å². The number of carbonyl (C=O) groups excluding carboxylic acids is 2. The molecule has 0 fully saturated rings. The van der Waals surface area contributed by atoms with Crippen molar-refractivity contribution in [2.75, 3.05) is 47.5 Å². The summed E-state index contributed by atoms with van der Waals surface area (Å²) in [6, 6.07) is 0. The lowest BCUT2D eigenvalue weighted by atomic mass is 10.0. The van der Waals surface area contributed by atoms with E-state index >= 15 is 0 Å². The summed E-state index contributed by atoms with van der Waals surface area (Å²) >= 11 is 0. The third-order valence-corrected chi connectivity index (χ3v) is 16.1. The summed E-state index contributed by atoms with van der Waals surface area (Å²) in [7, 11) is 1.50. The number of ether oxygens (including phenoxy) is 2. The standard InChI is InChI=1S/C69H130NO8P/c1-6-8-10-12-14-16-18-20-22-23-24-25-26-27-28-29-30-31-32-33-34-35-36-37-38-39-40-41-42-43-44-45-46-47-48-50-52-54-56-58-60-62-69(72)78-67(66-77-79(73,74)76-64-63-70(3,4)5)65-75-68(71)61-59-57-55-53-51-49-21-19-17-15-13-11-9-7-2/h8,10,14,16,20,22,24-25,67H,6-7,9,11-13,15,17-19,21,23,26-66H2,1-5H3/p+1/b10-8-,16-14-,22-20-,25-24-. The Morgan fingerprint density at radius 2 is 0.722 bits per heavy atom. The topological polar surface area (TPSA) is 108 Å². The first-order valence-electron chi connectivity index (χ1n) is 33.9. The molecule has 0 saturated heterocycles. The van der Waals surface area contributed by atoms with Gasteiger partial charge < -0.3 is 18.9 Å². The van der Waals surface area contributed by atoms with Gasteiger partial charge in [-0.15, -0.1) is 0 Å². The van der Waals surface area contributed by atoms with Crippen molar-refractivity contribution in [3.63, 3.8) is 0 Å². The molecular weight excluding hydrogens is 1000 g/mol. The molecule has 0 aliphatic carbocycles. The van der Waals surface area contributed by atoms with Gasteiger partial charge in [0.25, 0.3) is 0 Å². The van der Waals surface area contributed by atoms with Gasteiger partial charge in [0, 0.05) is 12.8 Å². The number of carbonyl (C=O) groups is 2. The Kier molecular flexibility index (Phi) is 59.0. The fourth-order valence-corrected chi connectivity index (χ4v) is 10.7. The molecule has 464 valence electrons. The summed E-state index contributed by atoms with van der Waals surface area (Å²) in [6.07, 6.45) is 78.1. The number of allylic oxidation sites excluding steroid dienone is 8. The molecule has 0 saturated carbocycles. The summed E-state index contributed by atoms with van der Waals surface area (Å²) in [5.74, 6) is -0.778. The zero-order valence-electron chi connectivity index (χ0n) is 52.9. The fraction of sp³-hybridized carbons (Fsp3) is 0.855. The van der Waals surface area contributed by atoms with E-state index in [1.807, 2.05) is 21.1 Å². The minimum absolute atomic E-state index is 0.0353. The average Bonchev–Trinajstić information content (AvgIpc) is 3.41. The Balaban J connectivity index is 3.84. The number of nitrogens with zero attached hydrogens (tertiary/aromatic N) is 1. The van der Waals surface area contributed by atoms with Gasteiger partial charge in [-0.25, -0.2) is 4.57 Å². The molecule has 0 aromatic rings. The van der Waals surface area contributed by atoms with E-state index in [0.29, 0.717) is 23.9 Å². The Labute approximate surface area is 490 Å². The van der Waals surface area contributed by atoms with E-state index < -0.39 is 26.5 Å². The highest BCUT2D eigenvalue weighted by atomic mass is 31.2. The van der Waals surface area contributed by atoms with Crippen LogP contribution in [-0.2, 0) is 32.7 Å². The maximum Gasteiger partial charge on any atom is 0.472 e. The predicted octanol–water partition coefficient (Wildman–Crippen LogP) is 21.7. The SMILES string of the molecule is CC/C=C\C/C=C\C/C=C\C/C=C\CCCCCCCCCCCCCCCCCCCCCCCCCCCCCCC(=O)OC(COC(=O)CCCCCCCCCCCCCCCC)COP(=O)(O)OCC[N+](C)(C)C. The molecule has 10 heteroatoms. The van der Waals surface area contributed by atoms with Gasteiger partial charge in [0.1, 0.15) is 19.8 Å². The molecule has 0 spiro atoms. The third-order valence-electron chi connectivity index (χ3n) is 15.1. The molecule has 0 bridgehead atoms. The first-order chi connectivity index (χ1) is 38.5. The molecule has 79 heavy (non-hydrogen) atoms. The summed E-state index contributed by atoms with van der Waals surface area (Å²) < 4.78 is 34.6. The number of likely N-dealkylation sites (N-methyl/N-ethyl adjacent to an activating group) is 1. The van der Waals surface area contributed by atoms with Crippen molar-refractivity contribution in [2.45, 2.75) is 335 Å². The van der Waals surface area contributed by atoms with Crippen LogP contribution in [0.1, 0.15) is 328 Å². The lowest BCUT2D eigenvalue weighted by molar-refractivity contribution is -0.870. The minimum Gasteiger partial charge on any atom is -0.462 e. The summed E-state index contributed by atoms with van der Waals surface area (Å²) in [6.45, 7) is 4.37. The van der Waals surface area contributed by atoms with Gasteiger partial charge in [-0.2, -0.15) is 0 Å². The number of hydrogen-bond donors (Lipinski definition) is 1. The van der Waals surface area contributed by atoms with Crippen LogP contribution in [0.5, 0.6) is 0 Å². The second-order valence-corrected chi connectivity index (χ2v) is 25.6. The Bertz CT molecular complexity index is 1470. The van der Waals surface area contributed by atoms with Crippen LogP contribution >= 0.6 is 7.82 Å². The second kappa shape index (κ2) is 60.6. The van der Waals surface area contributed by atoms with Gasteiger partial charge in [0.2, 0.25) is 0 Å². The van der Waals surface area contributed by atoms with E-state index in [9.17, 15) is 19.0 Å². The van der Waals surface area contributed by atoms with E-state index in [1.165, 1.54) is 238 Å². The third kappa shape index (κ3) is 65.0. The summed E-state index contributed by atoms with van der Waals surface area (Å²) in [5.41, 5.74) is 0. The number of hydrogen-bond acceptors (Lipinski definition) is 7. The predicted molar refractivity (Wildman–Crippen MR) is 340 cm³/mol. The molecular formula is C69H131NO8P+. The van der Waals surface area contributed by atoms with Crippen molar-refractivity contribution in [2.24, 2.45) is 0 Å². The molecule has 0 rings (SSSR count). The van der Waals surface area contributed by atoms with Crippen molar-refractivity contribution in [3.05, 3.63) is 48.6 Å². The maximum atomic E-state index is 12.8. The van der Waals surface area contributed by atoms with Crippen LogP contribution < -0.4 is 0 Å². The highest BCUT2D eigenvalue weighted by Crippen LogP contribution is 2.43. The Morgan fingerprint density at radius 3 is 1.08 bits per heavy atom. The lowest BCUT2D eigenvalue weighted by Crippen LogP contribution is -2.37. The number of rotatable bonds is 63. The second-order valence-electron chi connectivity index (χ2n) is 24.2. The van der Waals surface area contributed by atoms with Crippen molar-refractivity contribution in [3.8, 4) is 0 Å². The van der Waals surface area contributed by atoms with E-state index in [0.717, 1.165) is 57.8 Å². The summed E-state index contributed by atoms with van der Waals surface area (Å²) in [4.78, 5) is 35.7. The van der Waals surface area contributed by atoms with Crippen molar-refractivity contribution >= 4 is 19.8 Å². The molecule has 1 N–H and O–H groups in total. The van der Waals surface area contributed by atoms with Crippen LogP contribution in [0.2, 0.25) is 0 Å². The first kappa shape index (κ1) is 77.0. The lowest BCUT2D eigenvalue weighted by Gasteiger charge is -2.24. The molecule has 0 amide bonds. The van der Waals surface area contributed by atoms with Crippen LogP contribution in [0.25, 0.3) is 0 Å². The number of phosphoric ester groups is 1. The van der Waals surface area contributed by atoms with Gasteiger partial charge in [-0.1, -0.05) is 313 Å². The quantitative estimate of drug-likeness (QED) is 0.0211. The van der Waals surface area contributed by atoms with Crippen LogP contribution in [0, 0.1) is 0 Å². The monoisotopic (exact) mass is 1130 g/mol. The van der Waals surface area contributed by atoms with E-state index in [-0.39, 0.29) is 25.6 Å². The smallest absolute Gasteiger partial charge is 0.462 e. The van der Waals surface area contributed by atoms with Gasteiger partial charge in [-0.05, 0) is 51.4 Å². The number of esters is 2. The van der Waals surface area contributed by atoms with E-state index in [1.54, 1.807) is 0 Å². The molecule has 0 aliphatic heterocycles. The average molecular weight is 1130 g/mol. The number of unbranched alkanes of at least 4 members (excludes halogenated alkanes) is 41. The van der Waals surface area contributed by atoms with Gasteiger partial charge >= 0.3 is 19.8 Å². The molecule has 0 aromatic heterocycles. The normalized spacial score (nSPS) is 13.4. The van der Waals surface area contributed by atoms with Crippen molar-refractivity contribution in [1.82, 2.24) is 0 Å². The van der Waals surface area contributed by atoms with Crippen LogP contribution in [0.4, 0.5) is 0 Å². The molecule has 0 aromatic carbocycles. The van der Waals surface area contributed by atoms with Gasteiger partial charge in [0.05, 0.1) is 27.7 Å². The molecule has 2 unspecified atom stereocenters. The highest BCUT2D eigenvalue weighted by molar-refractivity contribution is 7.47. The summed E-state index contributed by atoms with van der Waals surface area (Å²) in [5, 5.41) is 0. The van der Waals surface area contributed by atoms with Gasteiger partial charge in [0.15, 0.2) is 6.10 Å². The fourth-order valence-electron chi connectivity index (χ4n) is 9.95. The van der Waals surface area contributed by atoms with E-state index in [2.05, 4.69) is 62.5 Å². The molecule has 0 radical (unpaired) electrons. The van der Waals surface area contributed by atoms with Crippen LogP contribution in [0.3, 0.4) is 0 Å². The number of phosphoric acid groups is 1. The molecule has 0 aliphatic rings. The number of quaternary nitrogens is 1. The first-order valence-corrected chi connectivity index (χ1v) is 35.4. The largest absolute Gasteiger partial charge is 0.472 e. The maximum absolute atomic E-state index is 12.8. The van der Waals surface area contributed by atoms with Crippen LogP contribution in [0.15, 0.2) is 48.6 Å². The Hall–Kier alpha value is -2.03. The minimum atomic E-state index is -4.38. The highest BCUT2D eigenvalue weighted by Gasteiger charge is 2.27. The van der Waals surface area contributed by atoms with Crippen molar-refractivity contribution in [1.29, 1.82) is 0 Å². The molecule has 9 nitrogen and oxygen atoms in total. The Morgan fingerprint density at radius 1 is 0.405 bits per heavy atom. The van der Waals surface area contributed by atoms with Crippen LogP contribution in [-0.4, -0.2) is 74.9 Å². The molecule has 2 atom stereocenters. The van der Waals surface area contributed by atoms with Crippen molar-refractivity contribution < 1.29 is 42.1 Å². The van der Waals surface area contributed by atoms with Gasteiger partial charge in [-0.3, -0.25) is 18.6 Å². The molecule has 0 heterocycles.